The Hall–Kier alpha value is -0.990. The highest BCUT2D eigenvalue weighted by atomic mass is 16.5. The van der Waals surface area contributed by atoms with Gasteiger partial charge < -0.3 is 9.47 Å². The minimum Gasteiger partial charge on any atom is -0.504 e. The van der Waals surface area contributed by atoms with Crippen molar-refractivity contribution >= 4 is 5.97 Å². The van der Waals surface area contributed by atoms with Crippen molar-refractivity contribution in [2.45, 2.75) is 33.3 Å². The third kappa shape index (κ3) is 4.01. The molecule has 0 amide bonds. The second kappa shape index (κ2) is 5.63. The zero-order chi connectivity index (χ0) is 9.56. The summed E-state index contributed by atoms with van der Waals surface area (Å²) < 4.78 is 9.70. The van der Waals surface area contributed by atoms with Crippen LogP contribution in [-0.4, -0.2) is 19.2 Å². The highest BCUT2D eigenvalue weighted by Gasteiger charge is 2.10. The summed E-state index contributed by atoms with van der Waals surface area (Å²) >= 11 is 0. The lowest BCUT2D eigenvalue weighted by molar-refractivity contribution is -0.142. The third-order valence-corrected chi connectivity index (χ3v) is 1.25. The van der Waals surface area contributed by atoms with Crippen LogP contribution in [-0.2, 0) is 14.3 Å². The molecule has 12 heavy (non-hydrogen) atoms. The standard InChI is InChI=1S/C9H16O3/c1-5-8(6-11-4)9(10)12-7(2)3/h6-7H,5H2,1-4H3. The van der Waals surface area contributed by atoms with E-state index in [0.717, 1.165) is 0 Å². The molecule has 0 saturated carbocycles. The number of ether oxygens (including phenoxy) is 2. The number of carbonyl (C=O) groups excluding carboxylic acids is 1. The molecule has 0 aromatic rings. The van der Waals surface area contributed by atoms with Crippen molar-refractivity contribution in [3.63, 3.8) is 0 Å². The lowest BCUT2D eigenvalue weighted by Crippen LogP contribution is -2.13. The molecule has 0 aromatic carbocycles. The predicted molar refractivity (Wildman–Crippen MR) is 46.6 cm³/mol. The molecule has 0 N–H and O–H groups in total. The second-order valence-electron chi connectivity index (χ2n) is 2.69. The summed E-state index contributed by atoms with van der Waals surface area (Å²) in [5, 5.41) is 0. The van der Waals surface area contributed by atoms with Crippen molar-refractivity contribution < 1.29 is 14.3 Å². The highest BCUT2D eigenvalue weighted by Crippen LogP contribution is 2.05. The van der Waals surface area contributed by atoms with Crippen molar-refractivity contribution in [1.29, 1.82) is 0 Å². The van der Waals surface area contributed by atoms with Gasteiger partial charge in [0.05, 0.1) is 25.0 Å². The first-order chi connectivity index (χ1) is 5.61. The summed E-state index contributed by atoms with van der Waals surface area (Å²) in [4.78, 5) is 11.2. The molecule has 0 atom stereocenters. The van der Waals surface area contributed by atoms with Crippen LogP contribution in [0.3, 0.4) is 0 Å². The van der Waals surface area contributed by atoms with Crippen LogP contribution in [0, 0.1) is 0 Å². The van der Waals surface area contributed by atoms with Crippen molar-refractivity contribution in [2.24, 2.45) is 0 Å². The Labute approximate surface area is 73.4 Å². The van der Waals surface area contributed by atoms with E-state index in [-0.39, 0.29) is 12.1 Å². The number of hydrogen-bond donors (Lipinski definition) is 0. The molecule has 0 rings (SSSR count). The van der Waals surface area contributed by atoms with E-state index in [1.54, 1.807) is 0 Å². The average Bonchev–Trinajstić information content (AvgIpc) is 1.98. The van der Waals surface area contributed by atoms with Gasteiger partial charge in [0.25, 0.3) is 0 Å². The van der Waals surface area contributed by atoms with Crippen molar-refractivity contribution in [2.75, 3.05) is 7.11 Å². The first-order valence-corrected chi connectivity index (χ1v) is 4.04. The van der Waals surface area contributed by atoms with Gasteiger partial charge in [-0.2, -0.15) is 0 Å². The van der Waals surface area contributed by atoms with Gasteiger partial charge in [-0.05, 0) is 20.3 Å². The lowest BCUT2D eigenvalue weighted by Gasteiger charge is -2.08. The fraction of sp³-hybridized carbons (Fsp3) is 0.667. The normalized spacial score (nSPS) is 11.6. The summed E-state index contributed by atoms with van der Waals surface area (Å²) in [6.45, 7) is 5.52. The second-order valence-corrected chi connectivity index (χ2v) is 2.69. The molecule has 0 spiro atoms. The summed E-state index contributed by atoms with van der Waals surface area (Å²) in [7, 11) is 1.51. The third-order valence-electron chi connectivity index (χ3n) is 1.25. The maximum absolute atomic E-state index is 11.2. The fourth-order valence-electron chi connectivity index (χ4n) is 0.708. The van der Waals surface area contributed by atoms with Crippen LogP contribution in [0.4, 0.5) is 0 Å². The van der Waals surface area contributed by atoms with E-state index in [2.05, 4.69) is 0 Å². The Morgan fingerprint density at radius 3 is 2.42 bits per heavy atom. The summed E-state index contributed by atoms with van der Waals surface area (Å²) in [6.07, 6.45) is 1.97. The van der Waals surface area contributed by atoms with Gasteiger partial charge in [0, 0.05) is 0 Å². The molecule has 0 bridgehead atoms. The van der Waals surface area contributed by atoms with Gasteiger partial charge in [-0.1, -0.05) is 6.92 Å². The van der Waals surface area contributed by atoms with Crippen molar-refractivity contribution in [3.05, 3.63) is 11.8 Å². The molecule has 0 aliphatic rings. The molecule has 0 saturated heterocycles. The van der Waals surface area contributed by atoms with Crippen LogP contribution in [0.2, 0.25) is 0 Å². The molecule has 3 heteroatoms. The highest BCUT2D eigenvalue weighted by molar-refractivity contribution is 5.88. The average molecular weight is 172 g/mol. The van der Waals surface area contributed by atoms with Gasteiger partial charge in [0.2, 0.25) is 0 Å². The Morgan fingerprint density at radius 1 is 1.50 bits per heavy atom. The van der Waals surface area contributed by atoms with Crippen LogP contribution in [0.15, 0.2) is 11.8 Å². The number of carbonyl (C=O) groups is 1. The molecule has 0 aromatic heterocycles. The number of esters is 1. The van der Waals surface area contributed by atoms with Gasteiger partial charge in [-0.25, -0.2) is 4.79 Å². The predicted octanol–water partition coefficient (Wildman–Crippen LogP) is 1.88. The number of methoxy groups -OCH3 is 1. The maximum atomic E-state index is 11.2. The van der Waals surface area contributed by atoms with E-state index in [9.17, 15) is 4.79 Å². The van der Waals surface area contributed by atoms with E-state index < -0.39 is 0 Å². The summed E-state index contributed by atoms with van der Waals surface area (Å²) in [5.74, 6) is -0.297. The monoisotopic (exact) mass is 172 g/mol. The summed E-state index contributed by atoms with van der Waals surface area (Å²) in [6, 6.07) is 0. The van der Waals surface area contributed by atoms with Crippen molar-refractivity contribution in [1.82, 2.24) is 0 Å². The van der Waals surface area contributed by atoms with Crippen LogP contribution in [0.25, 0.3) is 0 Å². The minimum atomic E-state index is -0.297. The Morgan fingerprint density at radius 2 is 2.08 bits per heavy atom. The Balaban J connectivity index is 4.13. The smallest absolute Gasteiger partial charge is 0.337 e. The molecule has 0 unspecified atom stereocenters. The zero-order valence-corrected chi connectivity index (χ0v) is 8.09. The van der Waals surface area contributed by atoms with E-state index in [1.807, 2.05) is 20.8 Å². The molecule has 0 heterocycles. The molecule has 3 nitrogen and oxygen atoms in total. The number of hydrogen-bond acceptors (Lipinski definition) is 3. The van der Waals surface area contributed by atoms with Crippen LogP contribution in [0.5, 0.6) is 0 Å². The molecule has 0 fully saturated rings. The fourth-order valence-corrected chi connectivity index (χ4v) is 0.708. The lowest BCUT2D eigenvalue weighted by atomic mass is 10.2. The molecule has 70 valence electrons. The quantitative estimate of drug-likeness (QED) is 0.369. The number of rotatable bonds is 4. The molecular weight excluding hydrogens is 156 g/mol. The van der Waals surface area contributed by atoms with Gasteiger partial charge in [-0.15, -0.1) is 0 Å². The van der Waals surface area contributed by atoms with Crippen LogP contribution in [0.1, 0.15) is 27.2 Å². The minimum absolute atomic E-state index is 0.0793. The van der Waals surface area contributed by atoms with Crippen LogP contribution >= 0.6 is 0 Å². The van der Waals surface area contributed by atoms with Gasteiger partial charge in [-0.3, -0.25) is 0 Å². The largest absolute Gasteiger partial charge is 0.504 e. The van der Waals surface area contributed by atoms with Gasteiger partial charge in [0.15, 0.2) is 0 Å². The Kier molecular flexibility index (Phi) is 5.17. The topological polar surface area (TPSA) is 35.5 Å². The van der Waals surface area contributed by atoms with E-state index >= 15 is 0 Å². The molecular formula is C9H16O3. The van der Waals surface area contributed by atoms with Crippen molar-refractivity contribution in [3.8, 4) is 0 Å². The zero-order valence-electron chi connectivity index (χ0n) is 8.09. The maximum Gasteiger partial charge on any atom is 0.337 e. The van der Waals surface area contributed by atoms with E-state index in [0.29, 0.717) is 12.0 Å². The molecule has 0 aliphatic heterocycles. The Bertz CT molecular complexity index is 171. The van der Waals surface area contributed by atoms with Gasteiger partial charge >= 0.3 is 5.97 Å². The SMILES string of the molecule is CCC(=COC)C(=O)OC(C)C. The van der Waals surface area contributed by atoms with E-state index in [1.165, 1.54) is 13.4 Å². The molecule has 0 aliphatic carbocycles. The van der Waals surface area contributed by atoms with Gasteiger partial charge in [0.1, 0.15) is 0 Å². The van der Waals surface area contributed by atoms with E-state index in [4.69, 9.17) is 9.47 Å². The first kappa shape index (κ1) is 11.0. The molecule has 0 radical (unpaired) electrons. The van der Waals surface area contributed by atoms with Crippen LogP contribution < -0.4 is 0 Å². The summed E-state index contributed by atoms with van der Waals surface area (Å²) in [5.41, 5.74) is 0.561. The first-order valence-electron chi connectivity index (χ1n) is 4.04.